The van der Waals surface area contributed by atoms with Gasteiger partial charge < -0.3 is 4.52 Å². The molecule has 0 fully saturated rings. The molecule has 0 radical (unpaired) electrons. The first-order chi connectivity index (χ1) is 7.22. The summed E-state index contributed by atoms with van der Waals surface area (Å²) in [6.07, 6.45) is 0. The molecule has 2 rings (SSSR count). The van der Waals surface area contributed by atoms with Crippen molar-refractivity contribution in [3.05, 3.63) is 40.2 Å². The van der Waals surface area contributed by atoms with Crippen LogP contribution in [0.2, 0.25) is 0 Å². The first-order valence-corrected chi connectivity index (χ1v) is 4.83. The second-order valence-electron chi connectivity index (χ2n) is 2.80. The normalized spacial score (nSPS) is 9.93. The standard InChI is InChI=1S/C10H4BrFN2O/c11-9-8(5-13)14-15-10(9)6-2-1-3-7(12)4-6/h1-4H. The van der Waals surface area contributed by atoms with Gasteiger partial charge in [-0.25, -0.2) is 4.39 Å². The molecule has 5 heteroatoms. The Balaban J connectivity index is 2.56. The van der Waals surface area contributed by atoms with Gasteiger partial charge in [0.25, 0.3) is 0 Å². The highest BCUT2D eigenvalue weighted by atomic mass is 79.9. The molecule has 0 unspecified atom stereocenters. The smallest absolute Gasteiger partial charge is 0.198 e. The molecule has 0 amide bonds. The highest BCUT2D eigenvalue weighted by Crippen LogP contribution is 2.30. The van der Waals surface area contributed by atoms with E-state index < -0.39 is 0 Å². The SMILES string of the molecule is N#Cc1noc(-c2cccc(F)c2)c1Br. The average Bonchev–Trinajstić information content (AvgIpc) is 2.59. The van der Waals surface area contributed by atoms with Gasteiger partial charge >= 0.3 is 0 Å². The van der Waals surface area contributed by atoms with Crippen molar-refractivity contribution >= 4 is 15.9 Å². The van der Waals surface area contributed by atoms with Gasteiger partial charge in [-0.05, 0) is 28.1 Å². The minimum Gasteiger partial charge on any atom is -0.354 e. The van der Waals surface area contributed by atoms with Crippen LogP contribution >= 0.6 is 15.9 Å². The first-order valence-electron chi connectivity index (χ1n) is 4.03. The topological polar surface area (TPSA) is 49.8 Å². The number of hydrogen-bond acceptors (Lipinski definition) is 3. The molecule has 1 heterocycles. The maximum Gasteiger partial charge on any atom is 0.198 e. The van der Waals surface area contributed by atoms with Crippen LogP contribution in [0.1, 0.15) is 5.69 Å². The summed E-state index contributed by atoms with van der Waals surface area (Å²) >= 11 is 3.17. The maximum absolute atomic E-state index is 12.9. The summed E-state index contributed by atoms with van der Waals surface area (Å²) in [6, 6.07) is 7.74. The predicted molar refractivity (Wildman–Crippen MR) is 54.3 cm³/mol. The molecule has 3 nitrogen and oxygen atoms in total. The summed E-state index contributed by atoms with van der Waals surface area (Å²) in [4.78, 5) is 0. The van der Waals surface area contributed by atoms with E-state index in [-0.39, 0.29) is 11.5 Å². The fourth-order valence-electron chi connectivity index (χ4n) is 1.16. The van der Waals surface area contributed by atoms with Gasteiger partial charge in [-0.15, -0.1) is 0 Å². The van der Waals surface area contributed by atoms with E-state index in [2.05, 4.69) is 21.1 Å². The largest absolute Gasteiger partial charge is 0.354 e. The van der Waals surface area contributed by atoms with Gasteiger partial charge in [-0.1, -0.05) is 17.3 Å². The third-order valence-corrected chi connectivity index (χ3v) is 2.56. The minimum atomic E-state index is -0.366. The van der Waals surface area contributed by atoms with Gasteiger partial charge in [0.15, 0.2) is 11.5 Å². The van der Waals surface area contributed by atoms with Gasteiger partial charge in [0.2, 0.25) is 0 Å². The zero-order valence-corrected chi connectivity index (χ0v) is 8.95. The van der Waals surface area contributed by atoms with Crippen molar-refractivity contribution < 1.29 is 8.91 Å². The fraction of sp³-hybridized carbons (Fsp3) is 0. The molecule has 0 aliphatic rings. The molecule has 0 aliphatic carbocycles. The molecular formula is C10H4BrFN2O. The van der Waals surface area contributed by atoms with Gasteiger partial charge in [0, 0.05) is 5.56 Å². The average molecular weight is 267 g/mol. The lowest BCUT2D eigenvalue weighted by Gasteiger charge is -1.95. The summed E-state index contributed by atoms with van der Waals surface area (Å²) in [5.74, 6) is -0.0136. The van der Waals surface area contributed by atoms with Gasteiger partial charge in [0.05, 0.1) is 0 Å². The van der Waals surface area contributed by atoms with E-state index >= 15 is 0 Å². The van der Waals surface area contributed by atoms with Gasteiger partial charge in [-0.2, -0.15) is 5.26 Å². The number of benzene rings is 1. The highest BCUT2D eigenvalue weighted by molar-refractivity contribution is 9.10. The Morgan fingerprint density at radius 3 is 2.87 bits per heavy atom. The third-order valence-electron chi connectivity index (χ3n) is 1.83. The van der Waals surface area contributed by atoms with Crippen LogP contribution in [-0.2, 0) is 0 Å². The van der Waals surface area contributed by atoms with E-state index in [1.165, 1.54) is 12.1 Å². The van der Waals surface area contributed by atoms with Crippen molar-refractivity contribution in [2.24, 2.45) is 0 Å². The number of rotatable bonds is 1. The van der Waals surface area contributed by atoms with E-state index in [0.29, 0.717) is 15.8 Å². The molecule has 0 bridgehead atoms. The maximum atomic E-state index is 12.9. The summed E-state index contributed by atoms with van der Waals surface area (Å²) < 4.78 is 18.3. The molecule has 0 spiro atoms. The van der Waals surface area contributed by atoms with Crippen LogP contribution in [0.5, 0.6) is 0 Å². The lowest BCUT2D eigenvalue weighted by molar-refractivity contribution is 0.429. The number of aromatic nitrogens is 1. The van der Waals surface area contributed by atoms with E-state index in [9.17, 15) is 4.39 Å². The van der Waals surface area contributed by atoms with Gasteiger partial charge in [0.1, 0.15) is 16.4 Å². The summed E-state index contributed by atoms with van der Waals surface area (Å²) in [6.45, 7) is 0. The van der Waals surface area contributed by atoms with Crippen molar-refractivity contribution in [1.29, 1.82) is 5.26 Å². The molecule has 2 aromatic rings. The van der Waals surface area contributed by atoms with Crippen LogP contribution in [0.4, 0.5) is 4.39 Å². The number of nitriles is 1. The highest BCUT2D eigenvalue weighted by Gasteiger charge is 2.14. The zero-order valence-electron chi connectivity index (χ0n) is 7.37. The van der Waals surface area contributed by atoms with E-state index in [4.69, 9.17) is 9.78 Å². The molecule has 0 saturated heterocycles. The molecule has 15 heavy (non-hydrogen) atoms. The molecule has 0 saturated carbocycles. The fourth-order valence-corrected chi connectivity index (χ4v) is 1.62. The number of nitrogens with zero attached hydrogens (tertiary/aromatic N) is 2. The van der Waals surface area contributed by atoms with Gasteiger partial charge in [-0.3, -0.25) is 0 Å². The molecule has 0 atom stereocenters. The first kappa shape index (κ1) is 9.87. The van der Waals surface area contributed by atoms with E-state index in [1.807, 2.05) is 6.07 Å². The van der Waals surface area contributed by atoms with Crippen molar-refractivity contribution in [3.63, 3.8) is 0 Å². The van der Waals surface area contributed by atoms with E-state index in [0.717, 1.165) is 0 Å². The predicted octanol–water partition coefficient (Wildman–Crippen LogP) is 3.11. The Hall–Kier alpha value is -1.67. The summed E-state index contributed by atoms with van der Waals surface area (Å²) in [5.41, 5.74) is 0.685. The van der Waals surface area contributed by atoms with Crippen molar-refractivity contribution in [3.8, 4) is 17.4 Å². The van der Waals surface area contributed by atoms with Crippen LogP contribution in [0.25, 0.3) is 11.3 Å². The Morgan fingerprint density at radius 1 is 1.47 bits per heavy atom. The molecule has 0 N–H and O–H groups in total. The van der Waals surface area contributed by atoms with Crippen LogP contribution in [0.3, 0.4) is 0 Å². The van der Waals surface area contributed by atoms with Crippen molar-refractivity contribution in [1.82, 2.24) is 5.16 Å². The summed E-state index contributed by atoms with van der Waals surface area (Å²) in [7, 11) is 0. The molecule has 1 aromatic carbocycles. The lowest BCUT2D eigenvalue weighted by atomic mass is 10.1. The third kappa shape index (κ3) is 1.76. The minimum absolute atomic E-state index is 0.147. The zero-order chi connectivity index (χ0) is 10.8. The Kier molecular flexibility index (Phi) is 2.52. The van der Waals surface area contributed by atoms with Crippen LogP contribution < -0.4 is 0 Å². The van der Waals surface area contributed by atoms with E-state index in [1.54, 1.807) is 12.1 Å². The quantitative estimate of drug-likeness (QED) is 0.797. The number of hydrogen-bond donors (Lipinski definition) is 0. The second kappa shape index (κ2) is 3.83. The van der Waals surface area contributed by atoms with Crippen LogP contribution in [0, 0.1) is 17.1 Å². The van der Waals surface area contributed by atoms with Crippen molar-refractivity contribution in [2.45, 2.75) is 0 Å². The number of halogens is 2. The summed E-state index contributed by atoms with van der Waals surface area (Å²) in [5, 5.41) is 12.2. The van der Waals surface area contributed by atoms with Crippen molar-refractivity contribution in [2.75, 3.05) is 0 Å². The second-order valence-corrected chi connectivity index (χ2v) is 3.59. The Bertz CT molecular complexity index is 545. The van der Waals surface area contributed by atoms with Crippen LogP contribution in [-0.4, -0.2) is 5.16 Å². The monoisotopic (exact) mass is 266 g/mol. The van der Waals surface area contributed by atoms with Crippen LogP contribution in [0.15, 0.2) is 33.3 Å². The molecule has 1 aromatic heterocycles. The molecule has 0 aliphatic heterocycles. The Labute approximate surface area is 93.2 Å². The molecular weight excluding hydrogens is 263 g/mol. The lowest BCUT2D eigenvalue weighted by Crippen LogP contribution is -1.78. The Morgan fingerprint density at radius 2 is 2.27 bits per heavy atom. The molecule has 74 valence electrons.